The summed E-state index contributed by atoms with van der Waals surface area (Å²) in [4.78, 5) is 11.7. The number of ether oxygens (including phenoxy) is 1. The Morgan fingerprint density at radius 3 is 2.79 bits per heavy atom. The first kappa shape index (κ1) is 14.3. The Morgan fingerprint density at radius 1 is 1.37 bits per heavy atom. The minimum atomic E-state index is -0.203. The second kappa shape index (κ2) is 6.91. The molecule has 0 aromatic heterocycles. The molecular formula is C14H18BrNO3. The number of aliphatic hydroxyl groups is 1. The van der Waals surface area contributed by atoms with E-state index in [9.17, 15) is 9.90 Å². The minimum absolute atomic E-state index is 0.0233. The van der Waals surface area contributed by atoms with Crippen molar-refractivity contribution in [2.75, 3.05) is 6.61 Å². The van der Waals surface area contributed by atoms with E-state index >= 15 is 0 Å². The summed E-state index contributed by atoms with van der Waals surface area (Å²) in [5.74, 6) is 0.560. The van der Waals surface area contributed by atoms with E-state index in [0.717, 1.165) is 30.2 Å². The van der Waals surface area contributed by atoms with Gasteiger partial charge in [0.2, 0.25) is 0 Å². The fourth-order valence-corrected chi connectivity index (χ4v) is 2.57. The van der Waals surface area contributed by atoms with Crippen LogP contribution in [0.1, 0.15) is 25.7 Å². The van der Waals surface area contributed by atoms with Crippen LogP contribution in [0.2, 0.25) is 0 Å². The molecule has 1 aliphatic rings. The van der Waals surface area contributed by atoms with Gasteiger partial charge in [0.1, 0.15) is 5.75 Å². The van der Waals surface area contributed by atoms with Crippen LogP contribution in [0.5, 0.6) is 5.75 Å². The van der Waals surface area contributed by atoms with E-state index in [1.54, 1.807) is 0 Å². The zero-order chi connectivity index (χ0) is 13.7. The maximum Gasteiger partial charge on any atom is 0.258 e. The van der Waals surface area contributed by atoms with Gasteiger partial charge < -0.3 is 15.2 Å². The number of carbonyl (C=O) groups is 1. The number of hydrogen-bond acceptors (Lipinski definition) is 3. The molecule has 0 saturated heterocycles. The lowest BCUT2D eigenvalue weighted by Crippen LogP contribution is -2.40. The minimum Gasteiger partial charge on any atom is -0.484 e. The molecule has 1 aromatic carbocycles. The molecule has 1 fully saturated rings. The molecule has 1 saturated carbocycles. The fraction of sp³-hybridized carbons (Fsp3) is 0.500. The standard InChI is InChI=1S/C14H18BrNO3/c15-10-2-1-3-13(8-10)19-9-14(18)16-11-4-6-12(17)7-5-11/h1-3,8,11-12,17H,4-7,9H2,(H,16,18). The molecule has 0 heterocycles. The molecule has 4 nitrogen and oxygen atoms in total. The highest BCUT2D eigenvalue weighted by molar-refractivity contribution is 9.10. The second-order valence-electron chi connectivity index (χ2n) is 4.82. The topological polar surface area (TPSA) is 58.6 Å². The summed E-state index contributed by atoms with van der Waals surface area (Å²) in [6, 6.07) is 7.57. The Kier molecular flexibility index (Phi) is 5.22. The zero-order valence-corrected chi connectivity index (χ0v) is 12.2. The van der Waals surface area contributed by atoms with Crippen molar-refractivity contribution >= 4 is 21.8 Å². The van der Waals surface area contributed by atoms with Gasteiger partial charge >= 0.3 is 0 Å². The molecule has 1 amide bonds. The van der Waals surface area contributed by atoms with E-state index < -0.39 is 0 Å². The van der Waals surface area contributed by atoms with E-state index in [2.05, 4.69) is 21.2 Å². The Labute approximate surface area is 121 Å². The van der Waals surface area contributed by atoms with Crippen LogP contribution in [0.25, 0.3) is 0 Å². The summed E-state index contributed by atoms with van der Waals surface area (Å²) < 4.78 is 6.34. The van der Waals surface area contributed by atoms with Crippen LogP contribution in [-0.2, 0) is 4.79 Å². The lowest BCUT2D eigenvalue weighted by Gasteiger charge is -2.26. The van der Waals surface area contributed by atoms with Crippen molar-refractivity contribution in [2.24, 2.45) is 0 Å². The SMILES string of the molecule is O=C(COc1cccc(Br)c1)NC1CCC(O)CC1. The molecule has 0 spiro atoms. The number of amides is 1. The first-order valence-electron chi connectivity index (χ1n) is 6.49. The normalized spacial score (nSPS) is 22.8. The smallest absolute Gasteiger partial charge is 0.258 e. The van der Waals surface area contributed by atoms with Gasteiger partial charge in [0.15, 0.2) is 6.61 Å². The maximum atomic E-state index is 11.7. The highest BCUT2D eigenvalue weighted by Crippen LogP contribution is 2.19. The molecule has 0 radical (unpaired) electrons. The summed E-state index contributed by atoms with van der Waals surface area (Å²) in [7, 11) is 0. The summed E-state index contributed by atoms with van der Waals surface area (Å²) in [5.41, 5.74) is 0. The van der Waals surface area contributed by atoms with Crippen molar-refractivity contribution in [3.8, 4) is 5.75 Å². The molecule has 5 heteroatoms. The third kappa shape index (κ3) is 4.84. The van der Waals surface area contributed by atoms with Gasteiger partial charge in [-0.2, -0.15) is 0 Å². The molecule has 1 aromatic rings. The Bertz CT molecular complexity index is 430. The molecule has 1 aliphatic carbocycles. The lowest BCUT2D eigenvalue weighted by molar-refractivity contribution is -0.124. The first-order valence-corrected chi connectivity index (χ1v) is 7.28. The highest BCUT2D eigenvalue weighted by Gasteiger charge is 2.20. The number of rotatable bonds is 4. The van der Waals surface area contributed by atoms with Crippen LogP contribution >= 0.6 is 15.9 Å². The number of nitrogens with one attached hydrogen (secondary N) is 1. The van der Waals surface area contributed by atoms with E-state index in [-0.39, 0.29) is 24.7 Å². The average molecular weight is 328 g/mol. The van der Waals surface area contributed by atoms with Crippen molar-refractivity contribution in [3.05, 3.63) is 28.7 Å². The van der Waals surface area contributed by atoms with Gasteiger partial charge in [-0.1, -0.05) is 22.0 Å². The predicted molar refractivity (Wildman–Crippen MR) is 76.0 cm³/mol. The lowest BCUT2D eigenvalue weighted by atomic mass is 9.93. The maximum absolute atomic E-state index is 11.7. The van der Waals surface area contributed by atoms with Gasteiger partial charge in [0, 0.05) is 10.5 Å². The van der Waals surface area contributed by atoms with Gasteiger partial charge in [0.25, 0.3) is 5.91 Å². The van der Waals surface area contributed by atoms with Gasteiger partial charge in [-0.3, -0.25) is 4.79 Å². The van der Waals surface area contributed by atoms with Crippen LogP contribution in [-0.4, -0.2) is 29.8 Å². The fourth-order valence-electron chi connectivity index (χ4n) is 2.20. The molecule has 19 heavy (non-hydrogen) atoms. The van der Waals surface area contributed by atoms with Crippen LogP contribution in [0.4, 0.5) is 0 Å². The van der Waals surface area contributed by atoms with Crippen LogP contribution < -0.4 is 10.1 Å². The van der Waals surface area contributed by atoms with Gasteiger partial charge in [-0.05, 0) is 43.9 Å². The molecule has 2 N–H and O–H groups in total. The van der Waals surface area contributed by atoms with Gasteiger partial charge in [-0.25, -0.2) is 0 Å². The molecule has 0 bridgehead atoms. The monoisotopic (exact) mass is 327 g/mol. The first-order chi connectivity index (χ1) is 9.13. The summed E-state index contributed by atoms with van der Waals surface area (Å²) in [6.07, 6.45) is 2.99. The number of benzene rings is 1. The van der Waals surface area contributed by atoms with E-state index in [1.807, 2.05) is 24.3 Å². The van der Waals surface area contributed by atoms with Gasteiger partial charge in [0.05, 0.1) is 6.10 Å². The number of aliphatic hydroxyl groups excluding tert-OH is 1. The molecule has 0 unspecified atom stereocenters. The largest absolute Gasteiger partial charge is 0.484 e. The summed E-state index contributed by atoms with van der Waals surface area (Å²) in [6.45, 7) is 0.0233. The van der Waals surface area contributed by atoms with Crippen LogP contribution in [0.15, 0.2) is 28.7 Å². The van der Waals surface area contributed by atoms with Gasteiger partial charge in [-0.15, -0.1) is 0 Å². The highest BCUT2D eigenvalue weighted by atomic mass is 79.9. The Morgan fingerprint density at radius 2 is 2.11 bits per heavy atom. The Hall–Kier alpha value is -1.07. The quantitative estimate of drug-likeness (QED) is 0.891. The summed E-state index contributed by atoms with van der Waals surface area (Å²) in [5, 5.41) is 12.3. The van der Waals surface area contributed by atoms with E-state index in [4.69, 9.17) is 4.74 Å². The number of carbonyl (C=O) groups excluding carboxylic acids is 1. The van der Waals surface area contributed by atoms with Crippen LogP contribution in [0.3, 0.4) is 0 Å². The molecule has 104 valence electrons. The second-order valence-corrected chi connectivity index (χ2v) is 5.73. The molecule has 0 aliphatic heterocycles. The van der Waals surface area contributed by atoms with Crippen molar-refractivity contribution in [2.45, 2.75) is 37.8 Å². The van der Waals surface area contributed by atoms with Crippen molar-refractivity contribution < 1.29 is 14.6 Å². The predicted octanol–water partition coefficient (Wildman–Crippen LogP) is 2.25. The molecule has 2 rings (SSSR count). The molecular weight excluding hydrogens is 310 g/mol. The number of hydrogen-bond donors (Lipinski definition) is 2. The van der Waals surface area contributed by atoms with Crippen molar-refractivity contribution in [3.63, 3.8) is 0 Å². The van der Waals surface area contributed by atoms with Crippen molar-refractivity contribution in [1.82, 2.24) is 5.32 Å². The third-order valence-electron chi connectivity index (χ3n) is 3.23. The van der Waals surface area contributed by atoms with E-state index in [1.165, 1.54) is 0 Å². The van der Waals surface area contributed by atoms with E-state index in [0.29, 0.717) is 5.75 Å². The third-order valence-corrected chi connectivity index (χ3v) is 3.72. The van der Waals surface area contributed by atoms with Crippen molar-refractivity contribution in [1.29, 1.82) is 0 Å². The Balaban J connectivity index is 1.73. The van der Waals surface area contributed by atoms with Crippen LogP contribution in [0, 0.1) is 0 Å². The number of halogens is 1. The summed E-state index contributed by atoms with van der Waals surface area (Å²) >= 11 is 3.35. The molecule has 0 atom stereocenters. The zero-order valence-electron chi connectivity index (χ0n) is 10.6. The average Bonchev–Trinajstić information content (AvgIpc) is 2.39.